The van der Waals surface area contributed by atoms with Crippen molar-refractivity contribution >= 4 is 15.9 Å². The number of primary amides is 1. The summed E-state index contributed by atoms with van der Waals surface area (Å²) in [6.07, 6.45) is 0. The number of sulfonamides is 1. The summed E-state index contributed by atoms with van der Waals surface area (Å²) < 4.78 is 29.6. The zero-order valence-electron chi connectivity index (χ0n) is 9.58. The number of carbonyl (C=O) groups is 1. The van der Waals surface area contributed by atoms with E-state index in [0.29, 0.717) is 5.75 Å². The van der Waals surface area contributed by atoms with Gasteiger partial charge < -0.3 is 10.5 Å². The summed E-state index contributed by atoms with van der Waals surface area (Å²) in [7, 11) is -0.536. The average Bonchev–Trinajstić information content (AvgIpc) is 2.26. The number of benzene rings is 1. The van der Waals surface area contributed by atoms with Crippen LogP contribution in [0, 0.1) is 0 Å². The highest BCUT2D eigenvalue weighted by Crippen LogP contribution is 2.17. The molecule has 0 saturated carbocycles. The van der Waals surface area contributed by atoms with Crippen molar-refractivity contribution in [3.05, 3.63) is 24.3 Å². The first-order chi connectivity index (χ1) is 7.84. The highest BCUT2D eigenvalue weighted by molar-refractivity contribution is 7.89. The van der Waals surface area contributed by atoms with Gasteiger partial charge in [-0.1, -0.05) is 0 Å². The van der Waals surface area contributed by atoms with Crippen molar-refractivity contribution in [2.24, 2.45) is 5.73 Å². The summed E-state index contributed by atoms with van der Waals surface area (Å²) >= 11 is 0. The fourth-order valence-electron chi connectivity index (χ4n) is 1.07. The van der Waals surface area contributed by atoms with Crippen LogP contribution in [0.3, 0.4) is 0 Å². The standard InChI is InChI=1S/C10H14N2O4S/c1-12(2)17(14,15)9-5-3-8(4-6-9)16-7-10(11)13/h3-6H,7H2,1-2H3,(H2,11,13). The molecule has 94 valence electrons. The van der Waals surface area contributed by atoms with Crippen molar-refractivity contribution in [1.29, 1.82) is 0 Å². The Hall–Kier alpha value is -1.60. The molecule has 17 heavy (non-hydrogen) atoms. The SMILES string of the molecule is CN(C)S(=O)(=O)c1ccc(OCC(N)=O)cc1. The molecule has 6 nitrogen and oxygen atoms in total. The van der Waals surface area contributed by atoms with Gasteiger partial charge in [-0.05, 0) is 24.3 Å². The van der Waals surface area contributed by atoms with Crippen molar-refractivity contribution < 1.29 is 17.9 Å². The van der Waals surface area contributed by atoms with Gasteiger partial charge in [0.1, 0.15) is 5.75 Å². The molecule has 0 radical (unpaired) electrons. The second kappa shape index (κ2) is 5.15. The Labute approximate surface area is 100 Å². The van der Waals surface area contributed by atoms with Crippen molar-refractivity contribution in [2.75, 3.05) is 20.7 Å². The Morgan fingerprint density at radius 2 is 1.82 bits per heavy atom. The van der Waals surface area contributed by atoms with Crippen LogP contribution in [0.2, 0.25) is 0 Å². The molecule has 1 aromatic rings. The minimum absolute atomic E-state index is 0.161. The van der Waals surface area contributed by atoms with Gasteiger partial charge in [0.05, 0.1) is 4.90 Å². The Morgan fingerprint density at radius 3 is 2.24 bits per heavy atom. The van der Waals surface area contributed by atoms with Crippen LogP contribution in [0.4, 0.5) is 0 Å². The van der Waals surface area contributed by atoms with E-state index in [4.69, 9.17) is 10.5 Å². The normalized spacial score (nSPS) is 11.5. The number of ether oxygens (including phenoxy) is 1. The van der Waals surface area contributed by atoms with E-state index in [9.17, 15) is 13.2 Å². The highest BCUT2D eigenvalue weighted by atomic mass is 32.2. The van der Waals surface area contributed by atoms with Crippen LogP contribution in [-0.2, 0) is 14.8 Å². The van der Waals surface area contributed by atoms with Gasteiger partial charge >= 0.3 is 0 Å². The molecule has 0 bridgehead atoms. The molecule has 0 unspecified atom stereocenters. The molecule has 0 atom stereocenters. The van der Waals surface area contributed by atoms with Crippen LogP contribution in [0.5, 0.6) is 5.75 Å². The van der Waals surface area contributed by atoms with Gasteiger partial charge in [-0.25, -0.2) is 12.7 Å². The lowest BCUT2D eigenvalue weighted by atomic mass is 10.3. The van der Waals surface area contributed by atoms with Crippen molar-refractivity contribution in [1.82, 2.24) is 4.31 Å². The van der Waals surface area contributed by atoms with Gasteiger partial charge in [0.15, 0.2) is 6.61 Å². The third-order valence-corrected chi connectivity index (χ3v) is 3.81. The van der Waals surface area contributed by atoms with Gasteiger partial charge in [-0.2, -0.15) is 0 Å². The molecule has 0 aliphatic heterocycles. The molecule has 7 heteroatoms. The molecule has 1 rings (SSSR count). The predicted molar refractivity (Wildman–Crippen MR) is 62.0 cm³/mol. The quantitative estimate of drug-likeness (QED) is 0.792. The number of rotatable bonds is 5. The van der Waals surface area contributed by atoms with Crippen molar-refractivity contribution in [2.45, 2.75) is 4.90 Å². The van der Waals surface area contributed by atoms with E-state index in [0.717, 1.165) is 4.31 Å². The van der Waals surface area contributed by atoms with Crippen molar-refractivity contribution in [3.63, 3.8) is 0 Å². The molecule has 0 aromatic heterocycles. The second-order valence-electron chi connectivity index (χ2n) is 3.51. The summed E-state index contributed by atoms with van der Waals surface area (Å²) in [5, 5.41) is 0. The summed E-state index contributed by atoms with van der Waals surface area (Å²) in [6, 6.07) is 5.76. The number of nitrogens with zero attached hydrogens (tertiary/aromatic N) is 1. The van der Waals surface area contributed by atoms with E-state index in [1.165, 1.54) is 38.4 Å². The lowest BCUT2D eigenvalue weighted by Gasteiger charge is -2.11. The highest BCUT2D eigenvalue weighted by Gasteiger charge is 2.16. The fraction of sp³-hybridized carbons (Fsp3) is 0.300. The lowest BCUT2D eigenvalue weighted by Crippen LogP contribution is -2.22. The topological polar surface area (TPSA) is 89.7 Å². The molecule has 2 N–H and O–H groups in total. The van der Waals surface area contributed by atoms with E-state index in [1.807, 2.05) is 0 Å². The monoisotopic (exact) mass is 258 g/mol. The van der Waals surface area contributed by atoms with Gasteiger partial charge in [0, 0.05) is 14.1 Å². The zero-order chi connectivity index (χ0) is 13.1. The van der Waals surface area contributed by atoms with E-state index in [2.05, 4.69) is 0 Å². The van der Waals surface area contributed by atoms with Gasteiger partial charge in [0.2, 0.25) is 10.0 Å². The predicted octanol–water partition coefficient (Wildman–Crippen LogP) is -0.199. The molecule has 0 aliphatic carbocycles. The molecular weight excluding hydrogens is 244 g/mol. The summed E-state index contributed by atoms with van der Waals surface area (Å²) in [4.78, 5) is 10.6. The van der Waals surface area contributed by atoms with E-state index >= 15 is 0 Å². The number of amides is 1. The number of carbonyl (C=O) groups excluding carboxylic acids is 1. The lowest BCUT2D eigenvalue weighted by molar-refractivity contribution is -0.119. The minimum atomic E-state index is -3.44. The molecule has 0 saturated heterocycles. The van der Waals surface area contributed by atoms with Crippen LogP contribution < -0.4 is 10.5 Å². The molecule has 1 amide bonds. The molecule has 0 spiro atoms. The number of nitrogens with two attached hydrogens (primary N) is 1. The van der Waals surface area contributed by atoms with Gasteiger partial charge in [0.25, 0.3) is 5.91 Å². The third-order valence-electron chi connectivity index (χ3n) is 1.98. The summed E-state index contributed by atoms with van der Waals surface area (Å²) in [6.45, 7) is -0.236. The number of hydrogen-bond donors (Lipinski definition) is 1. The van der Waals surface area contributed by atoms with Crippen LogP contribution in [0.15, 0.2) is 29.2 Å². The van der Waals surface area contributed by atoms with E-state index in [1.54, 1.807) is 0 Å². The second-order valence-corrected chi connectivity index (χ2v) is 5.67. The van der Waals surface area contributed by atoms with Crippen LogP contribution in [0.1, 0.15) is 0 Å². The van der Waals surface area contributed by atoms with Crippen LogP contribution >= 0.6 is 0 Å². The van der Waals surface area contributed by atoms with Gasteiger partial charge in [-0.15, -0.1) is 0 Å². The summed E-state index contributed by atoms with van der Waals surface area (Å²) in [5.74, 6) is -0.198. The number of hydrogen-bond acceptors (Lipinski definition) is 4. The van der Waals surface area contributed by atoms with Crippen molar-refractivity contribution in [3.8, 4) is 5.75 Å². The molecule has 0 heterocycles. The maximum atomic E-state index is 11.7. The van der Waals surface area contributed by atoms with E-state index < -0.39 is 15.9 Å². The first-order valence-electron chi connectivity index (χ1n) is 4.77. The summed E-state index contributed by atoms with van der Waals surface area (Å²) in [5.41, 5.74) is 4.91. The third kappa shape index (κ3) is 3.43. The maximum Gasteiger partial charge on any atom is 0.255 e. The first kappa shape index (κ1) is 13.5. The smallest absolute Gasteiger partial charge is 0.255 e. The molecule has 0 aliphatic rings. The maximum absolute atomic E-state index is 11.7. The molecule has 1 aromatic carbocycles. The Kier molecular flexibility index (Phi) is 4.08. The van der Waals surface area contributed by atoms with Crippen LogP contribution in [-0.4, -0.2) is 39.3 Å². The zero-order valence-corrected chi connectivity index (χ0v) is 10.4. The molecular formula is C10H14N2O4S. The fourth-order valence-corrected chi connectivity index (χ4v) is 1.97. The average molecular weight is 258 g/mol. The van der Waals surface area contributed by atoms with E-state index in [-0.39, 0.29) is 11.5 Å². The Morgan fingerprint density at radius 1 is 1.29 bits per heavy atom. The van der Waals surface area contributed by atoms with Crippen LogP contribution in [0.25, 0.3) is 0 Å². The largest absolute Gasteiger partial charge is 0.484 e. The molecule has 0 fully saturated rings. The van der Waals surface area contributed by atoms with Gasteiger partial charge in [-0.3, -0.25) is 4.79 Å². The first-order valence-corrected chi connectivity index (χ1v) is 6.22. The Balaban J connectivity index is 2.85. The Bertz CT molecular complexity index is 494. The minimum Gasteiger partial charge on any atom is -0.484 e.